The van der Waals surface area contributed by atoms with Gasteiger partial charge in [-0.1, -0.05) is 6.92 Å². The van der Waals surface area contributed by atoms with Crippen molar-refractivity contribution in [2.45, 2.75) is 38.8 Å². The van der Waals surface area contributed by atoms with E-state index in [1.54, 1.807) is 0 Å². The van der Waals surface area contributed by atoms with Crippen molar-refractivity contribution >= 4 is 11.3 Å². The zero-order valence-corrected chi connectivity index (χ0v) is 8.29. The van der Waals surface area contributed by atoms with Crippen LogP contribution in [-0.4, -0.2) is 6.04 Å². The van der Waals surface area contributed by atoms with E-state index in [0.29, 0.717) is 0 Å². The summed E-state index contributed by atoms with van der Waals surface area (Å²) in [4.78, 5) is 2.99. The van der Waals surface area contributed by atoms with Crippen LogP contribution in [0.3, 0.4) is 0 Å². The van der Waals surface area contributed by atoms with Crippen molar-refractivity contribution in [3.63, 3.8) is 0 Å². The molecule has 1 N–H and O–H groups in total. The van der Waals surface area contributed by atoms with Gasteiger partial charge in [-0.25, -0.2) is 0 Å². The van der Waals surface area contributed by atoms with Crippen molar-refractivity contribution in [1.29, 1.82) is 0 Å². The molecule has 0 spiro atoms. The van der Waals surface area contributed by atoms with Crippen LogP contribution in [0.15, 0.2) is 12.1 Å². The average Bonchev–Trinajstić information content (AvgIpc) is 2.81. The fourth-order valence-corrected chi connectivity index (χ4v) is 2.15. The van der Waals surface area contributed by atoms with Crippen molar-refractivity contribution in [3.8, 4) is 0 Å². The molecule has 0 bridgehead atoms. The predicted molar refractivity (Wildman–Crippen MR) is 53.6 cm³/mol. The molecule has 1 aliphatic rings. The second-order valence-corrected chi connectivity index (χ2v) is 4.63. The van der Waals surface area contributed by atoms with Gasteiger partial charge in [0.05, 0.1) is 0 Å². The van der Waals surface area contributed by atoms with E-state index in [4.69, 9.17) is 0 Å². The molecule has 0 radical (unpaired) electrons. The molecule has 1 fully saturated rings. The molecule has 66 valence electrons. The first-order valence-corrected chi connectivity index (χ1v) is 5.51. The highest BCUT2D eigenvalue weighted by atomic mass is 32.1. The monoisotopic (exact) mass is 181 g/mol. The van der Waals surface area contributed by atoms with Crippen molar-refractivity contribution < 1.29 is 0 Å². The Morgan fingerprint density at radius 2 is 2.17 bits per heavy atom. The van der Waals surface area contributed by atoms with Crippen molar-refractivity contribution in [2.75, 3.05) is 0 Å². The number of thiophene rings is 1. The Balaban J connectivity index is 1.84. The Morgan fingerprint density at radius 1 is 1.42 bits per heavy atom. The highest BCUT2D eigenvalue weighted by Gasteiger charge is 2.19. The number of hydrogen-bond acceptors (Lipinski definition) is 2. The van der Waals surface area contributed by atoms with Gasteiger partial charge < -0.3 is 5.32 Å². The molecule has 1 aliphatic carbocycles. The number of nitrogens with one attached hydrogen (secondary N) is 1. The van der Waals surface area contributed by atoms with Crippen molar-refractivity contribution in [3.05, 3.63) is 21.9 Å². The Morgan fingerprint density at radius 3 is 2.75 bits per heavy atom. The van der Waals surface area contributed by atoms with Crippen LogP contribution >= 0.6 is 11.3 Å². The highest BCUT2D eigenvalue weighted by Crippen LogP contribution is 2.21. The first kappa shape index (κ1) is 8.27. The lowest BCUT2D eigenvalue weighted by molar-refractivity contribution is 0.695. The van der Waals surface area contributed by atoms with Crippen LogP contribution in [0.1, 0.15) is 29.5 Å². The van der Waals surface area contributed by atoms with Gasteiger partial charge in [0.2, 0.25) is 0 Å². The fraction of sp³-hybridized carbons (Fsp3) is 0.600. The summed E-state index contributed by atoms with van der Waals surface area (Å²) in [5, 5.41) is 3.52. The molecule has 0 saturated heterocycles. The van der Waals surface area contributed by atoms with E-state index in [-0.39, 0.29) is 0 Å². The Hall–Kier alpha value is -0.340. The van der Waals surface area contributed by atoms with Gasteiger partial charge in [-0.2, -0.15) is 0 Å². The maximum absolute atomic E-state index is 3.52. The van der Waals surface area contributed by atoms with Gasteiger partial charge in [0.1, 0.15) is 0 Å². The van der Waals surface area contributed by atoms with Gasteiger partial charge in [0.25, 0.3) is 0 Å². The first-order chi connectivity index (χ1) is 5.88. The second-order valence-electron chi connectivity index (χ2n) is 3.38. The van der Waals surface area contributed by atoms with Crippen molar-refractivity contribution in [2.24, 2.45) is 0 Å². The van der Waals surface area contributed by atoms with Crippen LogP contribution in [0.4, 0.5) is 0 Å². The maximum Gasteiger partial charge on any atom is 0.0302 e. The number of hydrogen-bond donors (Lipinski definition) is 1. The highest BCUT2D eigenvalue weighted by molar-refractivity contribution is 7.11. The Kier molecular flexibility index (Phi) is 2.47. The molecular weight excluding hydrogens is 166 g/mol. The van der Waals surface area contributed by atoms with Crippen molar-refractivity contribution in [1.82, 2.24) is 5.32 Å². The normalized spacial score (nSPS) is 16.8. The number of rotatable bonds is 4. The molecular formula is C10H15NS. The van der Waals surface area contributed by atoms with E-state index in [2.05, 4.69) is 24.4 Å². The van der Waals surface area contributed by atoms with Crippen LogP contribution < -0.4 is 5.32 Å². The molecule has 1 heterocycles. The molecule has 0 amide bonds. The molecule has 1 aromatic heterocycles. The van der Waals surface area contributed by atoms with Gasteiger partial charge in [-0.05, 0) is 31.4 Å². The lowest BCUT2D eigenvalue weighted by Gasteiger charge is -1.97. The molecule has 1 saturated carbocycles. The summed E-state index contributed by atoms with van der Waals surface area (Å²) >= 11 is 1.94. The third-order valence-electron chi connectivity index (χ3n) is 2.21. The first-order valence-electron chi connectivity index (χ1n) is 4.69. The van der Waals surface area contributed by atoms with E-state index < -0.39 is 0 Å². The summed E-state index contributed by atoms with van der Waals surface area (Å²) < 4.78 is 0. The molecule has 0 aromatic carbocycles. The van der Waals surface area contributed by atoms with Crippen LogP contribution in [0, 0.1) is 0 Å². The third kappa shape index (κ3) is 2.08. The van der Waals surface area contributed by atoms with Gasteiger partial charge in [0, 0.05) is 22.3 Å². The summed E-state index contributed by atoms with van der Waals surface area (Å²) in [6.07, 6.45) is 3.94. The van der Waals surface area contributed by atoms with E-state index in [1.807, 2.05) is 11.3 Å². The minimum Gasteiger partial charge on any atom is -0.309 e. The summed E-state index contributed by atoms with van der Waals surface area (Å²) in [5.74, 6) is 0. The van der Waals surface area contributed by atoms with E-state index in [1.165, 1.54) is 29.0 Å². The Labute approximate surface area is 77.8 Å². The Bertz CT molecular complexity index is 250. The van der Waals surface area contributed by atoms with Gasteiger partial charge >= 0.3 is 0 Å². The molecule has 1 nitrogen and oxygen atoms in total. The summed E-state index contributed by atoms with van der Waals surface area (Å²) in [6.45, 7) is 3.29. The largest absolute Gasteiger partial charge is 0.309 e. The van der Waals surface area contributed by atoms with E-state index in [0.717, 1.165) is 12.6 Å². The number of aryl methyl sites for hydroxylation is 1. The van der Waals surface area contributed by atoms with E-state index >= 15 is 0 Å². The second kappa shape index (κ2) is 3.58. The summed E-state index contributed by atoms with van der Waals surface area (Å²) in [5.41, 5.74) is 0. The SMILES string of the molecule is CCc1ccc(CNC2CC2)s1. The molecule has 12 heavy (non-hydrogen) atoms. The molecule has 2 heteroatoms. The summed E-state index contributed by atoms with van der Waals surface area (Å²) in [6, 6.07) is 5.32. The fourth-order valence-electron chi connectivity index (χ4n) is 1.24. The smallest absolute Gasteiger partial charge is 0.0302 e. The van der Waals surface area contributed by atoms with Gasteiger partial charge in [-0.15, -0.1) is 11.3 Å². The lowest BCUT2D eigenvalue weighted by Crippen LogP contribution is -2.14. The van der Waals surface area contributed by atoms with Gasteiger partial charge in [0.15, 0.2) is 0 Å². The minimum atomic E-state index is 0.831. The van der Waals surface area contributed by atoms with Crippen LogP contribution in [0.2, 0.25) is 0 Å². The zero-order chi connectivity index (χ0) is 8.39. The average molecular weight is 181 g/mol. The van der Waals surface area contributed by atoms with Crippen LogP contribution in [0.5, 0.6) is 0 Å². The van der Waals surface area contributed by atoms with E-state index in [9.17, 15) is 0 Å². The predicted octanol–water partition coefficient (Wildman–Crippen LogP) is 2.56. The quantitative estimate of drug-likeness (QED) is 0.752. The summed E-state index contributed by atoms with van der Waals surface area (Å²) in [7, 11) is 0. The molecule has 1 aromatic rings. The molecule has 0 atom stereocenters. The van der Waals surface area contributed by atoms with Crippen LogP contribution in [0.25, 0.3) is 0 Å². The van der Waals surface area contributed by atoms with Gasteiger partial charge in [-0.3, -0.25) is 0 Å². The third-order valence-corrected chi connectivity index (χ3v) is 3.44. The molecule has 0 unspecified atom stereocenters. The lowest BCUT2D eigenvalue weighted by atomic mass is 10.3. The molecule has 2 rings (SSSR count). The maximum atomic E-state index is 3.52. The molecule has 0 aliphatic heterocycles. The topological polar surface area (TPSA) is 12.0 Å². The minimum absolute atomic E-state index is 0.831. The standard InChI is InChI=1S/C10H15NS/c1-2-9-5-6-10(12-9)7-11-8-3-4-8/h5-6,8,11H,2-4,7H2,1H3. The zero-order valence-electron chi connectivity index (χ0n) is 7.47. The van der Waals surface area contributed by atoms with Crippen LogP contribution in [-0.2, 0) is 13.0 Å².